The molecule has 1 amide bonds. The number of thioether (sulfide) groups is 1. The molecule has 4 rings (SSSR count). The smallest absolute Gasteiger partial charge is 0.256 e. The summed E-state index contributed by atoms with van der Waals surface area (Å²) in [5, 5.41) is 7.05. The molecule has 0 unspecified atom stereocenters. The molecule has 0 fully saturated rings. The van der Waals surface area contributed by atoms with Crippen LogP contribution in [-0.2, 0) is 16.3 Å². The lowest BCUT2D eigenvalue weighted by atomic mass is 10.2. The van der Waals surface area contributed by atoms with Gasteiger partial charge < -0.3 is 5.32 Å². The van der Waals surface area contributed by atoms with Crippen LogP contribution in [-0.4, -0.2) is 31.3 Å². The lowest BCUT2D eigenvalue weighted by molar-refractivity contribution is 0.102. The number of benzene rings is 2. The van der Waals surface area contributed by atoms with Crippen molar-refractivity contribution < 1.29 is 13.2 Å². The van der Waals surface area contributed by atoms with Gasteiger partial charge in [0, 0.05) is 17.7 Å². The monoisotopic (exact) mass is 474 g/mol. The summed E-state index contributed by atoms with van der Waals surface area (Å²) in [5.74, 6) is 0.507. The van der Waals surface area contributed by atoms with E-state index in [1.165, 1.54) is 17.7 Å². The highest BCUT2D eigenvalue weighted by molar-refractivity contribution is 8.01. The standard InChI is InChI=1S/C21H18N2O3S4/c1-30(25,26)19-5-3-2-4-16(19)20(24)22-15-6-7-17-18(12-15)29-21(23-17)28-11-9-14-8-10-27-13-14/h2-8,10,12-13H,9,11H2,1H3,(H,22,24). The maximum atomic E-state index is 12.7. The molecular weight excluding hydrogens is 457 g/mol. The first-order chi connectivity index (χ1) is 14.4. The van der Waals surface area contributed by atoms with Crippen LogP contribution in [0.5, 0.6) is 0 Å². The maximum Gasteiger partial charge on any atom is 0.256 e. The van der Waals surface area contributed by atoms with Crippen molar-refractivity contribution in [2.45, 2.75) is 15.7 Å². The lowest BCUT2D eigenvalue weighted by Gasteiger charge is -2.09. The number of fused-ring (bicyclic) bond motifs is 1. The van der Waals surface area contributed by atoms with Crippen LogP contribution < -0.4 is 5.32 Å². The third-order valence-corrected chi connectivity index (χ3v) is 8.40. The average Bonchev–Trinajstić information content (AvgIpc) is 3.36. The summed E-state index contributed by atoms with van der Waals surface area (Å²) in [6.45, 7) is 0. The van der Waals surface area contributed by atoms with E-state index in [1.807, 2.05) is 12.1 Å². The van der Waals surface area contributed by atoms with Gasteiger partial charge in [-0.3, -0.25) is 4.79 Å². The third-order valence-electron chi connectivity index (χ3n) is 4.35. The average molecular weight is 475 g/mol. The molecule has 154 valence electrons. The molecule has 2 aromatic heterocycles. The van der Waals surface area contributed by atoms with E-state index in [-0.39, 0.29) is 10.5 Å². The molecular formula is C21H18N2O3S4. The van der Waals surface area contributed by atoms with E-state index in [4.69, 9.17) is 0 Å². The van der Waals surface area contributed by atoms with Gasteiger partial charge in [-0.1, -0.05) is 23.9 Å². The molecule has 1 N–H and O–H groups in total. The van der Waals surface area contributed by atoms with Crippen LogP contribution in [0.1, 0.15) is 15.9 Å². The van der Waals surface area contributed by atoms with Crippen molar-refractivity contribution in [3.05, 3.63) is 70.4 Å². The summed E-state index contributed by atoms with van der Waals surface area (Å²) in [5.41, 5.74) is 2.96. The number of thiazole rings is 1. The zero-order chi connectivity index (χ0) is 21.1. The Bertz CT molecular complexity index is 1300. The molecule has 5 nitrogen and oxygen atoms in total. The Morgan fingerprint density at radius 3 is 2.77 bits per heavy atom. The van der Waals surface area contributed by atoms with Gasteiger partial charge in [-0.05, 0) is 59.1 Å². The van der Waals surface area contributed by atoms with Crippen molar-refractivity contribution in [3.63, 3.8) is 0 Å². The van der Waals surface area contributed by atoms with Crippen LogP contribution in [0.4, 0.5) is 5.69 Å². The quantitative estimate of drug-likeness (QED) is 0.366. The number of hydrogen-bond donors (Lipinski definition) is 1. The van der Waals surface area contributed by atoms with E-state index in [0.717, 1.165) is 33.0 Å². The number of hydrogen-bond acceptors (Lipinski definition) is 7. The van der Waals surface area contributed by atoms with Gasteiger partial charge in [-0.25, -0.2) is 13.4 Å². The first-order valence-corrected chi connectivity index (χ1v) is 13.7. The van der Waals surface area contributed by atoms with Gasteiger partial charge in [-0.15, -0.1) is 11.3 Å². The Labute approximate surface area is 187 Å². The molecule has 2 aromatic carbocycles. The fourth-order valence-corrected chi connectivity index (χ4v) is 6.67. The first kappa shape index (κ1) is 21.0. The second-order valence-electron chi connectivity index (χ2n) is 6.61. The van der Waals surface area contributed by atoms with Gasteiger partial charge in [0.25, 0.3) is 5.91 Å². The highest BCUT2D eigenvalue weighted by atomic mass is 32.2. The highest BCUT2D eigenvalue weighted by Crippen LogP contribution is 2.32. The van der Waals surface area contributed by atoms with Gasteiger partial charge in [0.05, 0.1) is 20.7 Å². The summed E-state index contributed by atoms with van der Waals surface area (Å²) in [6.07, 6.45) is 2.10. The SMILES string of the molecule is CS(=O)(=O)c1ccccc1C(=O)Nc1ccc2nc(SCCc3ccsc3)sc2c1. The van der Waals surface area contributed by atoms with Gasteiger partial charge in [0.1, 0.15) is 0 Å². The summed E-state index contributed by atoms with van der Waals surface area (Å²) in [4.78, 5) is 17.4. The zero-order valence-electron chi connectivity index (χ0n) is 16.0. The fraction of sp³-hybridized carbons (Fsp3) is 0.143. The third kappa shape index (κ3) is 4.92. The molecule has 30 heavy (non-hydrogen) atoms. The Kier molecular flexibility index (Phi) is 6.24. The van der Waals surface area contributed by atoms with Crippen LogP contribution in [0.25, 0.3) is 10.2 Å². The fourth-order valence-electron chi connectivity index (χ4n) is 2.91. The summed E-state index contributed by atoms with van der Waals surface area (Å²) in [6, 6.07) is 13.9. The predicted octanol–water partition coefficient (Wildman–Crippen LogP) is 5.35. The number of nitrogens with one attached hydrogen (secondary N) is 1. The van der Waals surface area contributed by atoms with Crippen molar-refractivity contribution in [2.75, 3.05) is 17.3 Å². The second kappa shape index (κ2) is 8.89. The normalized spacial score (nSPS) is 11.6. The largest absolute Gasteiger partial charge is 0.322 e. The van der Waals surface area contributed by atoms with Gasteiger partial charge >= 0.3 is 0 Å². The number of nitrogens with zero attached hydrogens (tertiary/aromatic N) is 1. The second-order valence-corrected chi connectivity index (χ2v) is 11.8. The van der Waals surface area contributed by atoms with Crippen molar-refractivity contribution in [2.24, 2.45) is 0 Å². The van der Waals surface area contributed by atoms with Crippen LogP contribution in [0.15, 0.2) is 68.5 Å². The van der Waals surface area contributed by atoms with E-state index >= 15 is 0 Å². The van der Waals surface area contributed by atoms with E-state index in [1.54, 1.807) is 52.6 Å². The number of aromatic nitrogens is 1. The molecule has 0 saturated heterocycles. The Balaban J connectivity index is 1.48. The van der Waals surface area contributed by atoms with E-state index in [0.29, 0.717) is 5.69 Å². The number of anilines is 1. The van der Waals surface area contributed by atoms with Crippen molar-refractivity contribution in [3.8, 4) is 0 Å². The van der Waals surface area contributed by atoms with Crippen molar-refractivity contribution in [1.82, 2.24) is 4.98 Å². The summed E-state index contributed by atoms with van der Waals surface area (Å²) in [7, 11) is -3.50. The molecule has 4 aromatic rings. The van der Waals surface area contributed by atoms with Gasteiger partial charge in [0.15, 0.2) is 14.2 Å². The minimum absolute atomic E-state index is 0.0191. The number of rotatable bonds is 7. The molecule has 0 atom stereocenters. The van der Waals surface area contributed by atoms with Crippen molar-refractivity contribution >= 4 is 66.1 Å². The maximum absolute atomic E-state index is 12.7. The van der Waals surface area contributed by atoms with Gasteiger partial charge in [-0.2, -0.15) is 11.3 Å². The number of amides is 1. The molecule has 2 heterocycles. The minimum Gasteiger partial charge on any atom is -0.322 e. The van der Waals surface area contributed by atoms with Crippen molar-refractivity contribution in [1.29, 1.82) is 0 Å². The Morgan fingerprint density at radius 1 is 1.17 bits per heavy atom. The summed E-state index contributed by atoms with van der Waals surface area (Å²) >= 11 is 5.02. The summed E-state index contributed by atoms with van der Waals surface area (Å²) < 4.78 is 25.9. The molecule has 0 aliphatic carbocycles. The zero-order valence-corrected chi connectivity index (χ0v) is 19.3. The molecule has 0 aliphatic rings. The molecule has 0 radical (unpaired) electrons. The van der Waals surface area contributed by atoms with Gasteiger partial charge in [0.2, 0.25) is 0 Å². The van der Waals surface area contributed by atoms with Crippen LogP contribution in [0.2, 0.25) is 0 Å². The van der Waals surface area contributed by atoms with Crippen LogP contribution in [0, 0.1) is 0 Å². The van der Waals surface area contributed by atoms with Crippen LogP contribution >= 0.6 is 34.4 Å². The van der Waals surface area contributed by atoms with E-state index in [9.17, 15) is 13.2 Å². The molecule has 9 heteroatoms. The highest BCUT2D eigenvalue weighted by Gasteiger charge is 2.18. The number of carbonyl (C=O) groups excluding carboxylic acids is 1. The number of sulfone groups is 1. The molecule has 0 aliphatic heterocycles. The lowest BCUT2D eigenvalue weighted by Crippen LogP contribution is -2.15. The number of aryl methyl sites for hydroxylation is 1. The Morgan fingerprint density at radius 2 is 2.00 bits per heavy atom. The number of carbonyl (C=O) groups is 1. The molecule has 0 saturated carbocycles. The topological polar surface area (TPSA) is 76.1 Å². The van der Waals surface area contributed by atoms with E-state index in [2.05, 4.69) is 27.1 Å². The minimum atomic E-state index is -3.50. The molecule has 0 spiro atoms. The van der Waals surface area contributed by atoms with Crippen LogP contribution in [0.3, 0.4) is 0 Å². The predicted molar refractivity (Wildman–Crippen MR) is 126 cm³/mol. The molecule has 0 bridgehead atoms. The number of thiophene rings is 1. The van der Waals surface area contributed by atoms with E-state index < -0.39 is 15.7 Å². The first-order valence-electron chi connectivity index (χ1n) is 9.05. The Hall–Kier alpha value is -2.20.